The van der Waals surface area contributed by atoms with Crippen LogP contribution >= 0.6 is 0 Å². The van der Waals surface area contributed by atoms with Gasteiger partial charge in [0.2, 0.25) is 9.84 Å². The number of hydrogen-bond donors (Lipinski definition) is 2. The number of para-hydroxylation sites is 1. The molecule has 2 N–H and O–H groups in total. The molecule has 0 bridgehead atoms. The highest BCUT2D eigenvalue weighted by molar-refractivity contribution is 7.91. The third-order valence-corrected chi connectivity index (χ3v) is 9.79. The highest BCUT2D eigenvalue weighted by Gasteiger charge is 2.23. The second-order valence-electron chi connectivity index (χ2n) is 12.1. The summed E-state index contributed by atoms with van der Waals surface area (Å²) in [6.07, 6.45) is 0. The Morgan fingerprint density at radius 2 is 0.980 bits per heavy atom. The van der Waals surface area contributed by atoms with E-state index < -0.39 is 21.0 Å². The SMILES string of the molecule is CC(O)(C#Cc1cccc(Oc2ccc(S(=O)(=O)c3ccccc3Oc3cccc(C#CC(C)(O)c4ccccc4)c3)cc2)c1)c1ccccc1. The summed E-state index contributed by atoms with van der Waals surface area (Å²) < 4.78 is 39.8. The Bertz CT molecular complexity index is 2380. The average molecular weight is 691 g/mol. The van der Waals surface area contributed by atoms with Gasteiger partial charge in [0, 0.05) is 11.1 Å². The van der Waals surface area contributed by atoms with Crippen LogP contribution in [0.3, 0.4) is 0 Å². The van der Waals surface area contributed by atoms with E-state index in [2.05, 4.69) is 23.7 Å². The van der Waals surface area contributed by atoms with Crippen molar-refractivity contribution in [3.8, 4) is 46.7 Å². The summed E-state index contributed by atoms with van der Waals surface area (Å²) in [4.78, 5) is 0.0660. The van der Waals surface area contributed by atoms with Gasteiger partial charge in [-0.05, 0) is 97.8 Å². The number of aliphatic hydroxyl groups is 2. The number of hydrogen-bond acceptors (Lipinski definition) is 6. The van der Waals surface area contributed by atoms with Crippen molar-refractivity contribution in [2.24, 2.45) is 0 Å². The van der Waals surface area contributed by atoms with Crippen LogP contribution in [0.25, 0.3) is 0 Å². The summed E-state index contributed by atoms with van der Waals surface area (Å²) in [5.74, 6) is 13.3. The first-order chi connectivity index (χ1) is 24.5. The van der Waals surface area contributed by atoms with Crippen molar-refractivity contribution >= 4 is 9.84 Å². The van der Waals surface area contributed by atoms with Crippen LogP contribution in [-0.2, 0) is 21.0 Å². The highest BCUT2D eigenvalue weighted by atomic mass is 32.2. The Morgan fingerprint density at radius 3 is 1.51 bits per heavy atom. The molecule has 0 spiro atoms. The van der Waals surface area contributed by atoms with Gasteiger partial charge in [-0.1, -0.05) is 109 Å². The van der Waals surface area contributed by atoms with Crippen LogP contribution < -0.4 is 9.47 Å². The standard InChI is InChI=1S/C44H34O6S/c1-43(45,35-15-5-3-6-16-35)29-27-33-13-11-19-38(31-33)49-37-23-25-40(26-24-37)51(47,48)42-22-10-9-21-41(42)50-39-20-12-14-34(32-39)28-30-44(2,46)36-17-7-4-8-18-36/h3-26,31-32,45-46H,1-2H3. The fourth-order valence-corrected chi connectivity index (χ4v) is 6.55. The molecular formula is C44H34O6S. The molecule has 0 heterocycles. The maximum Gasteiger partial charge on any atom is 0.210 e. The second kappa shape index (κ2) is 14.8. The van der Waals surface area contributed by atoms with E-state index in [1.807, 2.05) is 66.7 Å². The lowest BCUT2D eigenvalue weighted by atomic mass is 9.96. The van der Waals surface area contributed by atoms with Crippen LogP contribution in [0.4, 0.5) is 0 Å². The molecule has 0 aliphatic rings. The monoisotopic (exact) mass is 690 g/mol. The zero-order chi connectivity index (χ0) is 35.9. The predicted octanol–water partition coefficient (Wildman–Crippen LogP) is 8.62. The third kappa shape index (κ3) is 8.56. The fraction of sp³-hybridized carbons (Fsp3) is 0.0909. The molecular weight excluding hydrogens is 657 g/mol. The van der Waals surface area contributed by atoms with Crippen molar-refractivity contribution in [1.29, 1.82) is 0 Å². The first kappa shape index (κ1) is 34.8. The first-order valence-corrected chi connectivity index (χ1v) is 17.6. The van der Waals surface area contributed by atoms with Crippen LogP contribution in [0.5, 0.6) is 23.0 Å². The Labute approximate surface area is 298 Å². The van der Waals surface area contributed by atoms with Crippen molar-refractivity contribution in [2.75, 3.05) is 0 Å². The average Bonchev–Trinajstić information content (AvgIpc) is 3.15. The lowest BCUT2D eigenvalue weighted by Gasteiger charge is -2.16. The second-order valence-corrected chi connectivity index (χ2v) is 14.0. The van der Waals surface area contributed by atoms with E-state index in [1.54, 1.807) is 86.6 Å². The molecule has 6 aromatic rings. The number of sulfone groups is 1. The Kier molecular flexibility index (Phi) is 10.1. The van der Waals surface area contributed by atoms with E-state index in [0.717, 1.165) is 0 Å². The summed E-state index contributed by atoms with van der Waals surface area (Å²) in [6, 6.07) is 45.0. The zero-order valence-corrected chi connectivity index (χ0v) is 28.8. The summed E-state index contributed by atoms with van der Waals surface area (Å²) in [6.45, 7) is 3.27. The summed E-state index contributed by atoms with van der Waals surface area (Å²) in [5.41, 5.74) is -0.0714. The largest absolute Gasteiger partial charge is 0.457 e. The van der Waals surface area contributed by atoms with Crippen LogP contribution in [0.2, 0.25) is 0 Å². The molecule has 6 rings (SSSR count). The van der Waals surface area contributed by atoms with Crippen LogP contribution in [0, 0.1) is 23.7 Å². The molecule has 0 saturated carbocycles. The number of benzene rings is 6. The molecule has 51 heavy (non-hydrogen) atoms. The molecule has 0 saturated heterocycles. The molecule has 0 fully saturated rings. The van der Waals surface area contributed by atoms with Gasteiger partial charge >= 0.3 is 0 Å². The molecule has 2 unspecified atom stereocenters. The Morgan fingerprint density at radius 1 is 0.510 bits per heavy atom. The lowest BCUT2D eigenvalue weighted by molar-refractivity contribution is 0.121. The van der Waals surface area contributed by atoms with Gasteiger partial charge in [0.1, 0.15) is 39.1 Å². The van der Waals surface area contributed by atoms with Gasteiger partial charge in [-0.25, -0.2) is 8.42 Å². The Balaban J connectivity index is 1.17. The first-order valence-electron chi connectivity index (χ1n) is 16.1. The van der Waals surface area contributed by atoms with Gasteiger partial charge in [0.15, 0.2) is 0 Å². The van der Waals surface area contributed by atoms with Crippen molar-refractivity contribution in [2.45, 2.75) is 34.8 Å². The van der Waals surface area contributed by atoms with Gasteiger partial charge in [0.25, 0.3) is 0 Å². The molecule has 6 aromatic carbocycles. The summed E-state index contributed by atoms with van der Waals surface area (Å²) in [5, 5.41) is 21.7. The normalized spacial score (nSPS) is 13.3. The molecule has 0 amide bonds. The quantitative estimate of drug-likeness (QED) is 0.155. The molecule has 0 aliphatic heterocycles. The Hall–Kier alpha value is -6.09. The fourth-order valence-electron chi connectivity index (χ4n) is 5.17. The van der Waals surface area contributed by atoms with Crippen molar-refractivity contribution in [1.82, 2.24) is 0 Å². The van der Waals surface area contributed by atoms with Gasteiger partial charge < -0.3 is 19.7 Å². The van der Waals surface area contributed by atoms with Crippen molar-refractivity contribution < 1.29 is 28.1 Å². The maximum atomic E-state index is 13.8. The number of rotatable bonds is 8. The van der Waals surface area contributed by atoms with Crippen LogP contribution in [0.15, 0.2) is 168 Å². The van der Waals surface area contributed by atoms with Gasteiger partial charge in [0.05, 0.1) is 4.90 Å². The highest BCUT2D eigenvalue weighted by Crippen LogP contribution is 2.34. The lowest BCUT2D eigenvalue weighted by Crippen LogP contribution is -2.18. The summed E-state index contributed by atoms with van der Waals surface area (Å²) in [7, 11) is -3.98. The van der Waals surface area contributed by atoms with Crippen molar-refractivity contribution in [3.63, 3.8) is 0 Å². The minimum atomic E-state index is -3.98. The van der Waals surface area contributed by atoms with Crippen LogP contribution in [0.1, 0.15) is 36.1 Å². The van der Waals surface area contributed by atoms with E-state index >= 15 is 0 Å². The molecule has 0 aliphatic carbocycles. The predicted molar refractivity (Wildman–Crippen MR) is 197 cm³/mol. The molecule has 0 radical (unpaired) electrons. The maximum absolute atomic E-state index is 13.8. The molecule has 2 atom stereocenters. The van der Waals surface area contributed by atoms with Gasteiger partial charge in [-0.3, -0.25) is 0 Å². The third-order valence-electron chi connectivity index (χ3n) is 7.98. The van der Waals surface area contributed by atoms with Gasteiger partial charge in [-0.15, -0.1) is 0 Å². The molecule has 6 nitrogen and oxygen atoms in total. The summed E-state index contributed by atoms with van der Waals surface area (Å²) >= 11 is 0. The minimum absolute atomic E-state index is 0.000159. The van der Waals surface area contributed by atoms with E-state index in [4.69, 9.17) is 9.47 Å². The molecule has 0 aromatic heterocycles. The van der Waals surface area contributed by atoms with Crippen molar-refractivity contribution in [3.05, 3.63) is 180 Å². The minimum Gasteiger partial charge on any atom is -0.457 e. The van der Waals surface area contributed by atoms with Crippen LogP contribution in [-0.4, -0.2) is 18.6 Å². The van der Waals surface area contributed by atoms with Gasteiger partial charge in [-0.2, -0.15) is 0 Å². The van der Waals surface area contributed by atoms with E-state index in [1.165, 1.54) is 18.2 Å². The smallest absolute Gasteiger partial charge is 0.210 e. The van der Waals surface area contributed by atoms with E-state index in [9.17, 15) is 18.6 Å². The molecule has 252 valence electrons. The zero-order valence-electron chi connectivity index (χ0n) is 27.9. The topological polar surface area (TPSA) is 93.1 Å². The van der Waals surface area contributed by atoms with E-state index in [0.29, 0.717) is 39.5 Å². The molecule has 7 heteroatoms. The van der Waals surface area contributed by atoms with E-state index in [-0.39, 0.29) is 15.5 Å². The number of ether oxygens (including phenoxy) is 2.